The van der Waals surface area contributed by atoms with Crippen LogP contribution in [0.4, 0.5) is 18.9 Å². The number of aromatic nitrogens is 4. The van der Waals surface area contributed by atoms with Gasteiger partial charge in [0, 0.05) is 42.0 Å². The molecule has 3 heterocycles. The first kappa shape index (κ1) is 24.7. The molecule has 1 N–H and O–H groups in total. The molecule has 4 rings (SSSR count). The number of anilines is 1. The Kier molecular flexibility index (Phi) is 6.91. The molecular weight excluding hydrogens is 475 g/mol. The minimum absolute atomic E-state index is 0.0317. The summed E-state index contributed by atoms with van der Waals surface area (Å²) < 4.78 is 44.5. The van der Waals surface area contributed by atoms with Crippen molar-refractivity contribution >= 4 is 17.4 Å². The Labute approximate surface area is 203 Å². The lowest BCUT2D eigenvalue weighted by atomic mass is 9.98. The zero-order valence-corrected chi connectivity index (χ0v) is 19.2. The number of nitrogens with zero attached hydrogens (tertiary/aromatic N) is 4. The van der Waals surface area contributed by atoms with Gasteiger partial charge in [-0.2, -0.15) is 13.2 Å². The van der Waals surface area contributed by atoms with Crippen LogP contribution in [0.5, 0.6) is 0 Å². The fourth-order valence-corrected chi connectivity index (χ4v) is 3.50. The van der Waals surface area contributed by atoms with Gasteiger partial charge < -0.3 is 9.84 Å². The van der Waals surface area contributed by atoms with Gasteiger partial charge in [0.25, 0.3) is 5.91 Å². The van der Waals surface area contributed by atoms with E-state index in [1.807, 2.05) is 6.07 Å². The molecule has 4 aromatic rings. The summed E-state index contributed by atoms with van der Waals surface area (Å²) in [7, 11) is 0. The number of Topliss-reactive ketones (excluding diaryl/α,β-unsaturated/α-hetero) is 1. The zero-order chi connectivity index (χ0) is 25.9. The lowest BCUT2D eigenvalue weighted by Gasteiger charge is -2.12. The highest BCUT2D eigenvalue weighted by atomic mass is 19.4. The van der Waals surface area contributed by atoms with Crippen molar-refractivity contribution in [3.63, 3.8) is 0 Å². The first-order chi connectivity index (χ1) is 17.1. The third-order valence-corrected chi connectivity index (χ3v) is 5.46. The number of aryl methyl sites for hydroxylation is 1. The number of hydrogen-bond acceptors (Lipinski definition) is 7. The van der Waals surface area contributed by atoms with E-state index in [0.29, 0.717) is 11.4 Å². The molecule has 0 fully saturated rings. The number of alkyl halides is 3. The largest absolute Gasteiger partial charge is 0.416 e. The Morgan fingerprint density at radius 1 is 1.11 bits per heavy atom. The fraction of sp³-hybridized carbons (Fsp3) is 0.200. The Balaban J connectivity index is 1.43. The molecule has 8 nitrogen and oxygen atoms in total. The number of hydrogen-bond donors (Lipinski definition) is 1. The maximum atomic E-state index is 13.1. The average Bonchev–Trinajstić information content (AvgIpc) is 3.36. The highest BCUT2D eigenvalue weighted by molar-refractivity contribution is 6.02. The smallest absolute Gasteiger partial charge is 0.351 e. The second-order valence-corrected chi connectivity index (χ2v) is 8.16. The molecule has 0 aliphatic rings. The van der Waals surface area contributed by atoms with Crippen molar-refractivity contribution in [3.8, 4) is 11.3 Å². The molecule has 0 spiro atoms. The molecule has 0 aliphatic heterocycles. The molecule has 1 amide bonds. The van der Waals surface area contributed by atoms with E-state index < -0.39 is 23.6 Å². The third kappa shape index (κ3) is 5.62. The summed E-state index contributed by atoms with van der Waals surface area (Å²) >= 11 is 0. The molecular formula is C25H20F3N5O3. The van der Waals surface area contributed by atoms with Crippen molar-refractivity contribution < 1.29 is 27.3 Å². The average molecular weight is 495 g/mol. The Hall–Kier alpha value is -4.41. The van der Waals surface area contributed by atoms with E-state index in [-0.39, 0.29) is 34.9 Å². The highest BCUT2D eigenvalue weighted by Gasteiger charge is 2.32. The number of amides is 1. The molecule has 36 heavy (non-hydrogen) atoms. The van der Waals surface area contributed by atoms with Gasteiger partial charge >= 0.3 is 6.18 Å². The summed E-state index contributed by atoms with van der Waals surface area (Å²) in [5.41, 5.74) is 1.02. The summed E-state index contributed by atoms with van der Waals surface area (Å²) in [5, 5.41) is 6.23. The maximum Gasteiger partial charge on any atom is 0.416 e. The van der Waals surface area contributed by atoms with E-state index in [4.69, 9.17) is 4.52 Å². The summed E-state index contributed by atoms with van der Waals surface area (Å²) in [5.74, 6) is -1.64. The van der Waals surface area contributed by atoms with Gasteiger partial charge in [0.1, 0.15) is 12.0 Å². The molecule has 0 saturated heterocycles. The van der Waals surface area contributed by atoms with E-state index in [9.17, 15) is 22.8 Å². The topological polar surface area (TPSA) is 111 Å². The Morgan fingerprint density at radius 3 is 2.64 bits per heavy atom. The van der Waals surface area contributed by atoms with Gasteiger partial charge in [-0.15, -0.1) is 0 Å². The van der Waals surface area contributed by atoms with Crippen LogP contribution < -0.4 is 5.32 Å². The second kappa shape index (κ2) is 10.1. The van der Waals surface area contributed by atoms with Crippen molar-refractivity contribution in [3.05, 3.63) is 89.5 Å². The van der Waals surface area contributed by atoms with Gasteiger partial charge in [0.15, 0.2) is 5.78 Å². The summed E-state index contributed by atoms with van der Waals surface area (Å²) in [6.07, 6.45) is 0.0415. The highest BCUT2D eigenvalue weighted by Crippen LogP contribution is 2.33. The first-order valence-corrected chi connectivity index (χ1v) is 10.8. The van der Waals surface area contributed by atoms with Gasteiger partial charge in [0.05, 0.1) is 17.0 Å². The number of carbonyl (C=O) groups is 2. The molecule has 0 radical (unpaired) electrons. The standard InChI is InChI=1S/C25H20F3N5O3/c1-14-5-6-17(9-18(14)25(26,27)28)32-24(35)23-11-19(33-36-23)15(2)8-22(34)21-10-20(30-13-31-21)16-4-3-7-29-12-16/h3-7,9-13,15H,8H2,1-2H3,(H,32,35)/t15-/m1/s1. The van der Waals surface area contributed by atoms with Crippen LogP contribution >= 0.6 is 0 Å². The SMILES string of the molecule is Cc1ccc(NC(=O)c2cc([C@H](C)CC(=O)c3cc(-c4cccnc4)ncn3)no2)cc1C(F)(F)F. The number of pyridine rings is 1. The molecule has 184 valence electrons. The quantitative estimate of drug-likeness (QED) is 0.338. The molecule has 0 saturated carbocycles. The zero-order valence-electron chi connectivity index (χ0n) is 19.2. The summed E-state index contributed by atoms with van der Waals surface area (Å²) in [6.45, 7) is 3.07. The van der Waals surface area contributed by atoms with E-state index in [0.717, 1.165) is 11.6 Å². The second-order valence-electron chi connectivity index (χ2n) is 8.16. The molecule has 0 aliphatic carbocycles. The molecule has 3 aromatic heterocycles. The summed E-state index contributed by atoms with van der Waals surface area (Å²) in [6, 6.07) is 9.99. The van der Waals surface area contributed by atoms with Crippen LogP contribution in [0.3, 0.4) is 0 Å². The van der Waals surface area contributed by atoms with Crippen LogP contribution in [0, 0.1) is 6.92 Å². The normalized spacial score (nSPS) is 12.2. The van der Waals surface area contributed by atoms with Gasteiger partial charge in [-0.05, 0) is 42.8 Å². The molecule has 1 aromatic carbocycles. The van der Waals surface area contributed by atoms with Gasteiger partial charge in [-0.1, -0.05) is 18.1 Å². The lowest BCUT2D eigenvalue weighted by Crippen LogP contribution is -2.13. The molecule has 1 atom stereocenters. The number of halogens is 3. The van der Waals surface area contributed by atoms with E-state index >= 15 is 0 Å². The van der Waals surface area contributed by atoms with E-state index in [1.54, 1.807) is 31.5 Å². The molecule has 11 heteroatoms. The Morgan fingerprint density at radius 2 is 1.92 bits per heavy atom. The van der Waals surface area contributed by atoms with Gasteiger partial charge in [0.2, 0.25) is 5.76 Å². The number of benzene rings is 1. The lowest BCUT2D eigenvalue weighted by molar-refractivity contribution is -0.138. The van der Waals surface area contributed by atoms with Gasteiger partial charge in [-0.25, -0.2) is 9.97 Å². The van der Waals surface area contributed by atoms with Crippen molar-refractivity contribution in [2.45, 2.75) is 32.4 Å². The van der Waals surface area contributed by atoms with Crippen molar-refractivity contribution in [2.24, 2.45) is 0 Å². The van der Waals surface area contributed by atoms with Crippen molar-refractivity contribution in [1.29, 1.82) is 0 Å². The Bertz CT molecular complexity index is 1400. The van der Waals surface area contributed by atoms with Crippen LogP contribution in [0.15, 0.2) is 65.7 Å². The van der Waals surface area contributed by atoms with Crippen molar-refractivity contribution in [1.82, 2.24) is 20.1 Å². The molecule has 0 bridgehead atoms. The van der Waals surface area contributed by atoms with Gasteiger partial charge in [-0.3, -0.25) is 14.6 Å². The van der Waals surface area contributed by atoms with E-state index in [1.165, 1.54) is 31.5 Å². The van der Waals surface area contributed by atoms with Crippen LogP contribution in [0.2, 0.25) is 0 Å². The number of carbonyl (C=O) groups excluding carboxylic acids is 2. The number of rotatable bonds is 7. The predicted octanol–water partition coefficient (Wildman–Crippen LogP) is 5.48. The van der Waals surface area contributed by atoms with Crippen LogP contribution in [-0.2, 0) is 6.18 Å². The number of ketones is 1. The molecule has 0 unspecified atom stereocenters. The van der Waals surface area contributed by atoms with Crippen LogP contribution in [0.1, 0.15) is 57.1 Å². The van der Waals surface area contributed by atoms with Crippen LogP contribution in [-0.4, -0.2) is 31.8 Å². The third-order valence-electron chi connectivity index (χ3n) is 5.46. The minimum atomic E-state index is -4.55. The fourth-order valence-electron chi connectivity index (χ4n) is 3.50. The maximum absolute atomic E-state index is 13.1. The van der Waals surface area contributed by atoms with Crippen LogP contribution in [0.25, 0.3) is 11.3 Å². The van der Waals surface area contributed by atoms with Crippen molar-refractivity contribution in [2.75, 3.05) is 5.32 Å². The summed E-state index contributed by atoms with van der Waals surface area (Å²) in [4.78, 5) is 37.6. The predicted molar refractivity (Wildman–Crippen MR) is 123 cm³/mol. The first-order valence-electron chi connectivity index (χ1n) is 10.8. The minimum Gasteiger partial charge on any atom is -0.351 e. The monoisotopic (exact) mass is 495 g/mol. The number of nitrogens with one attached hydrogen (secondary N) is 1. The van der Waals surface area contributed by atoms with E-state index in [2.05, 4.69) is 25.4 Å².